The largest absolute Gasteiger partial charge is 0.457 e. The topological polar surface area (TPSA) is 66.8 Å². The normalized spacial score (nSPS) is 11.1. The summed E-state index contributed by atoms with van der Waals surface area (Å²) in [5.74, 6) is -0.319. The van der Waals surface area contributed by atoms with Gasteiger partial charge in [-0.3, -0.25) is 4.79 Å². The summed E-state index contributed by atoms with van der Waals surface area (Å²) in [6, 6.07) is 0. The number of hydrogen-bond donors (Lipinski definition) is 2. The summed E-state index contributed by atoms with van der Waals surface area (Å²) in [6.07, 6.45) is 14.8. The predicted molar refractivity (Wildman–Crippen MR) is 89.7 cm³/mol. The summed E-state index contributed by atoms with van der Waals surface area (Å²) >= 11 is 0. The Morgan fingerprint density at radius 3 is 1.59 bits per heavy atom. The van der Waals surface area contributed by atoms with Gasteiger partial charge in [0.15, 0.2) is 0 Å². The molecular weight excluding hydrogens is 280 g/mol. The van der Waals surface area contributed by atoms with Gasteiger partial charge in [-0.25, -0.2) is 0 Å². The van der Waals surface area contributed by atoms with Gasteiger partial charge in [-0.15, -0.1) is 0 Å². The van der Waals surface area contributed by atoms with E-state index >= 15 is 0 Å². The van der Waals surface area contributed by atoms with Crippen LogP contribution in [-0.2, 0) is 9.53 Å². The van der Waals surface area contributed by atoms with E-state index in [1.165, 1.54) is 64.2 Å². The van der Waals surface area contributed by atoms with Crippen LogP contribution in [0.2, 0.25) is 0 Å². The Hall–Kier alpha value is -0.610. The van der Waals surface area contributed by atoms with Crippen molar-refractivity contribution in [3.05, 3.63) is 0 Å². The molecule has 4 heteroatoms. The minimum absolute atomic E-state index is 0.319. The fourth-order valence-corrected chi connectivity index (χ4v) is 2.49. The van der Waals surface area contributed by atoms with Crippen molar-refractivity contribution in [2.24, 2.45) is 0 Å². The maximum Gasteiger partial charge on any atom is 0.306 e. The summed E-state index contributed by atoms with van der Waals surface area (Å²) < 4.78 is 4.91. The van der Waals surface area contributed by atoms with Gasteiger partial charge in [0, 0.05) is 6.42 Å². The molecule has 0 saturated carbocycles. The van der Waals surface area contributed by atoms with E-state index < -0.39 is 6.10 Å². The minimum Gasteiger partial charge on any atom is -0.457 e. The molecule has 0 aromatic rings. The highest BCUT2D eigenvalue weighted by Crippen LogP contribution is 2.12. The van der Waals surface area contributed by atoms with E-state index in [1.54, 1.807) is 0 Å². The van der Waals surface area contributed by atoms with Gasteiger partial charge in [0.25, 0.3) is 0 Å². The van der Waals surface area contributed by atoms with Crippen LogP contribution in [-0.4, -0.2) is 35.5 Å². The lowest BCUT2D eigenvalue weighted by Gasteiger charge is -2.12. The van der Waals surface area contributed by atoms with Gasteiger partial charge in [-0.1, -0.05) is 77.6 Å². The van der Waals surface area contributed by atoms with Crippen LogP contribution in [0.4, 0.5) is 0 Å². The number of aliphatic hydroxyl groups is 2. The van der Waals surface area contributed by atoms with Crippen LogP contribution >= 0.6 is 0 Å². The van der Waals surface area contributed by atoms with Crippen LogP contribution in [0, 0.1) is 0 Å². The lowest BCUT2D eigenvalue weighted by atomic mass is 10.0. The first kappa shape index (κ1) is 21.4. The molecule has 0 unspecified atom stereocenters. The average Bonchev–Trinajstić information content (AvgIpc) is 2.53. The maximum atomic E-state index is 11.4. The van der Waals surface area contributed by atoms with E-state index in [0.29, 0.717) is 6.42 Å². The highest BCUT2D eigenvalue weighted by atomic mass is 16.6. The van der Waals surface area contributed by atoms with E-state index in [2.05, 4.69) is 6.92 Å². The zero-order valence-electron chi connectivity index (χ0n) is 14.4. The van der Waals surface area contributed by atoms with E-state index in [4.69, 9.17) is 14.9 Å². The first-order chi connectivity index (χ1) is 10.7. The number of carbonyl (C=O) groups is 1. The van der Waals surface area contributed by atoms with Gasteiger partial charge in [0.05, 0.1) is 13.2 Å². The van der Waals surface area contributed by atoms with Crippen LogP contribution < -0.4 is 0 Å². The number of aliphatic hydroxyl groups excluding tert-OH is 2. The van der Waals surface area contributed by atoms with Crippen molar-refractivity contribution in [1.29, 1.82) is 0 Å². The minimum atomic E-state index is -0.759. The van der Waals surface area contributed by atoms with Crippen LogP contribution in [0.5, 0.6) is 0 Å². The van der Waals surface area contributed by atoms with Crippen molar-refractivity contribution in [3.8, 4) is 0 Å². The van der Waals surface area contributed by atoms with Crippen molar-refractivity contribution < 1.29 is 19.7 Å². The Labute approximate surface area is 136 Å². The Morgan fingerprint density at radius 1 is 0.773 bits per heavy atom. The lowest BCUT2D eigenvalue weighted by Crippen LogP contribution is -2.25. The monoisotopic (exact) mass is 316 g/mol. The van der Waals surface area contributed by atoms with Gasteiger partial charge >= 0.3 is 5.97 Å². The molecule has 0 spiro atoms. The van der Waals surface area contributed by atoms with Crippen molar-refractivity contribution in [2.45, 2.75) is 96.5 Å². The predicted octanol–water partition coefficient (Wildman–Crippen LogP) is 3.97. The number of carbonyl (C=O) groups excluding carboxylic acids is 1. The molecule has 0 rings (SSSR count). The molecule has 4 nitrogen and oxygen atoms in total. The van der Waals surface area contributed by atoms with Gasteiger partial charge in [0.1, 0.15) is 6.10 Å². The zero-order chi connectivity index (χ0) is 16.5. The molecule has 0 heterocycles. The third-order valence-electron chi connectivity index (χ3n) is 3.94. The van der Waals surface area contributed by atoms with Crippen molar-refractivity contribution in [1.82, 2.24) is 0 Å². The number of esters is 1. The van der Waals surface area contributed by atoms with E-state index in [1.807, 2.05) is 0 Å². The lowest BCUT2D eigenvalue weighted by molar-refractivity contribution is -0.153. The first-order valence-electron chi connectivity index (χ1n) is 9.15. The molecule has 0 aromatic carbocycles. The number of hydrogen-bond acceptors (Lipinski definition) is 4. The smallest absolute Gasteiger partial charge is 0.306 e. The molecule has 0 saturated heterocycles. The number of unbranched alkanes of at least 4 members (excludes halogenated alkanes) is 11. The molecule has 0 bridgehead atoms. The van der Waals surface area contributed by atoms with Crippen LogP contribution in [0.3, 0.4) is 0 Å². The molecule has 0 aliphatic rings. The summed E-state index contributed by atoms with van der Waals surface area (Å²) in [5, 5.41) is 17.6. The SMILES string of the molecule is CCCCCCCCCCCCCCC(=O)OC(CO)CO. The fraction of sp³-hybridized carbons (Fsp3) is 0.944. The van der Waals surface area contributed by atoms with Crippen molar-refractivity contribution in [2.75, 3.05) is 13.2 Å². The molecule has 22 heavy (non-hydrogen) atoms. The Bertz CT molecular complexity index is 239. The van der Waals surface area contributed by atoms with Gasteiger partial charge < -0.3 is 14.9 Å². The Morgan fingerprint density at radius 2 is 1.18 bits per heavy atom. The molecule has 0 fully saturated rings. The number of rotatable bonds is 16. The highest BCUT2D eigenvalue weighted by Gasteiger charge is 2.11. The second-order valence-electron chi connectivity index (χ2n) is 6.12. The third-order valence-corrected chi connectivity index (χ3v) is 3.94. The zero-order valence-corrected chi connectivity index (χ0v) is 14.4. The standard InChI is InChI=1S/C18H36O4/c1-2-3-4-5-6-7-8-9-10-11-12-13-14-18(21)22-17(15-19)16-20/h17,19-20H,2-16H2,1H3. The second kappa shape index (κ2) is 16.8. The van der Waals surface area contributed by atoms with E-state index in [0.717, 1.165) is 12.8 Å². The summed E-state index contributed by atoms with van der Waals surface area (Å²) in [4.78, 5) is 11.4. The molecule has 0 radical (unpaired) electrons. The fourth-order valence-electron chi connectivity index (χ4n) is 2.49. The molecule has 0 aliphatic carbocycles. The van der Waals surface area contributed by atoms with Crippen LogP contribution in [0.25, 0.3) is 0 Å². The third kappa shape index (κ3) is 14.3. The van der Waals surface area contributed by atoms with Gasteiger partial charge in [0.2, 0.25) is 0 Å². The van der Waals surface area contributed by atoms with E-state index in [9.17, 15) is 4.79 Å². The average molecular weight is 316 g/mol. The number of ether oxygens (including phenoxy) is 1. The van der Waals surface area contributed by atoms with Gasteiger partial charge in [-0.05, 0) is 6.42 Å². The van der Waals surface area contributed by atoms with E-state index in [-0.39, 0.29) is 19.2 Å². The molecule has 0 amide bonds. The highest BCUT2D eigenvalue weighted by molar-refractivity contribution is 5.69. The van der Waals surface area contributed by atoms with Crippen molar-refractivity contribution in [3.63, 3.8) is 0 Å². The second-order valence-corrected chi connectivity index (χ2v) is 6.12. The first-order valence-corrected chi connectivity index (χ1v) is 9.15. The Balaban J connectivity index is 3.21. The molecule has 132 valence electrons. The quantitative estimate of drug-likeness (QED) is 0.334. The summed E-state index contributed by atoms with van der Waals surface area (Å²) in [7, 11) is 0. The Kier molecular flexibility index (Phi) is 16.3. The van der Waals surface area contributed by atoms with Crippen LogP contribution in [0.15, 0.2) is 0 Å². The summed E-state index contributed by atoms with van der Waals surface area (Å²) in [6.45, 7) is 1.61. The molecule has 0 aromatic heterocycles. The maximum absolute atomic E-state index is 11.4. The molecule has 2 N–H and O–H groups in total. The van der Waals surface area contributed by atoms with Crippen molar-refractivity contribution >= 4 is 5.97 Å². The molecule has 0 aliphatic heterocycles. The van der Waals surface area contributed by atoms with Crippen LogP contribution in [0.1, 0.15) is 90.4 Å². The summed E-state index contributed by atoms with van der Waals surface area (Å²) in [5.41, 5.74) is 0. The van der Waals surface area contributed by atoms with Gasteiger partial charge in [-0.2, -0.15) is 0 Å². The molecule has 0 atom stereocenters. The molecular formula is C18H36O4.